The van der Waals surface area contributed by atoms with E-state index in [0.717, 1.165) is 4.47 Å². The minimum atomic E-state index is -0.603. The maximum atomic E-state index is 12.0. The van der Waals surface area contributed by atoms with Gasteiger partial charge in [0.25, 0.3) is 5.91 Å². The Bertz CT molecular complexity index is 804. The highest BCUT2D eigenvalue weighted by Crippen LogP contribution is 2.23. The third-order valence-electron chi connectivity index (χ3n) is 3.55. The van der Waals surface area contributed by atoms with Crippen molar-refractivity contribution in [2.24, 2.45) is 0 Å². The molecule has 0 fully saturated rings. The van der Waals surface area contributed by atoms with Crippen LogP contribution in [0.5, 0.6) is 5.75 Å². The molecular weight excluding hydrogens is 414 g/mol. The highest BCUT2D eigenvalue weighted by molar-refractivity contribution is 9.10. The summed E-state index contributed by atoms with van der Waals surface area (Å²) in [4.78, 5) is 35.7. The molecule has 0 saturated carbocycles. The molecule has 0 aromatic heterocycles. The van der Waals surface area contributed by atoms with Crippen LogP contribution in [0, 0.1) is 0 Å². The van der Waals surface area contributed by atoms with Gasteiger partial charge in [-0.2, -0.15) is 0 Å². The van der Waals surface area contributed by atoms with E-state index in [1.165, 1.54) is 0 Å². The van der Waals surface area contributed by atoms with E-state index in [0.29, 0.717) is 23.6 Å². The van der Waals surface area contributed by atoms with Gasteiger partial charge in [-0.3, -0.25) is 14.4 Å². The summed E-state index contributed by atoms with van der Waals surface area (Å²) in [5, 5.41) is 2.63. The molecule has 0 atom stereocenters. The Balaban J connectivity index is 1.76. The number of hydrogen-bond donors (Lipinski definition) is 1. The maximum absolute atomic E-state index is 12.0. The molecule has 0 heterocycles. The van der Waals surface area contributed by atoms with Crippen molar-refractivity contribution in [3.05, 3.63) is 58.6 Å². The van der Waals surface area contributed by atoms with Crippen molar-refractivity contribution >= 4 is 39.3 Å². The molecule has 0 aliphatic carbocycles. The minimum absolute atomic E-state index is 0.0231. The number of anilines is 1. The topological polar surface area (TPSA) is 81.7 Å². The molecule has 0 radical (unpaired) electrons. The number of benzene rings is 2. The molecule has 1 N–H and O–H groups in total. The number of Topliss-reactive ketones (excluding diaryl/α,β-unsaturated/α-hetero) is 1. The number of esters is 1. The summed E-state index contributed by atoms with van der Waals surface area (Å²) < 4.78 is 11.2. The van der Waals surface area contributed by atoms with Crippen molar-refractivity contribution in [2.75, 3.05) is 18.5 Å². The van der Waals surface area contributed by atoms with Crippen LogP contribution in [-0.4, -0.2) is 30.9 Å². The zero-order valence-corrected chi connectivity index (χ0v) is 16.5. The van der Waals surface area contributed by atoms with E-state index >= 15 is 0 Å². The first kappa shape index (κ1) is 20.6. The molecule has 2 rings (SSSR count). The Morgan fingerprint density at radius 1 is 1.00 bits per heavy atom. The number of amides is 1. The van der Waals surface area contributed by atoms with Gasteiger partial charge in [-0.15, -0.1) is 0 Å². The predicted octanol–water partition coefficient (Wildman–Crippen LogP) is 3.99. The van der Waals surface area contributed by atoms with Crippen molar-refractivity contribution in [2.45, 2.75) is 19.8 Å². The molecule has 2 aromatic rings. The third-order valence-corrected chi connectivity index (χ3v) is 4.08. The summed E-state index contributed by atoms with van der Waals surface area (Å²) in [6, 6.07) is 13.9. The fraction of sp³-hybridized carbons (Fsp3) is 0.250. The van der Waals surface area contributed by atoms with Crippen molar-refractivity contribution in [3.8, 4) is 5.75 Å². The van der Waals surface area contributed by atoms with Crippen LogP contribution in [0.15, 0.2) is 53.0 Å². The van der Waals surface area contributed by atoms with Gasteiger partial charge in [0.15, 0.2) is 12.4 Å². The SMILES string of the molecule is CCOc1ccccc1NC(=O)COC(=O)CCC(=O)c1ccc(Br)cc1. The number of halogens is 1. The van der Waals surface area contributed by atoms with E-state index < -0.39 is 18.5 Å². The molecule has 6 nitrogen and oxygen atoms in total. The molecule has 7 heteroatoms. The largest absolute Gasteiger partial charge is 0.492 e. The molecule has 2 aromatic carbocycles. The number of ether oxygens (including phenoxy) is 2. The number of para-hydroxylation sites is 2. The second-order valence-corrected chi connectivity index (χ2v) is 6.48. The van der Waals surface area contributed by atoms with Crippen molar-refractivity contribution in [1.82, 2.24) is 0 Å². The van der Waals surface area contributed by atoms with Gasteiger partial charge >= 0.3 is 5.97 Å². The van der Waals surface area contributed by atoms with E-state index in [1.54, 1.807) is 48.5 Å². The maximum Gasteiger partial charge on any atom is 0.306 e. The van der Waals surface area contributed by atoms with Gasteiger partial charge in [0.1, 0.15) is 5.75 Å². The lowest BCUT2D eigenvalue weighted by molar-refractivity contribution is -0.147. The molecule has 0 bridgehead atoms. The second kappa shape index (κ2) is 10.5. The van der Waals surface area contributed by atoms with Gasteiger partial charge in [0.05, 0.1) is 18.7 Å². The zero-order valence-electron chi connectivity index (χ0n) is 14.9. The Morgan fingerprint density at radius 3 is 2.41 bits per heavy atom. The smallest absolute Gasteiger partial charge is 0.306 e. The summed E-state index contributed by atoms with van der Waals surface area (Å²) >= 11 is 3.30. The number of ketones is 1. The number of nitrogens with one attached hydrogen (secondary N) is 1. The number of rotatable bonds is 9. The highest BCUT2D eigenvalue weighted by Gasteiger charge is 2.13. The monoisotopic (exact) mass is 433 g/mol. The van der Waals surface area contributed by atoms with Crippen LogP contribution in [0.3, 0.4) is 0 Å². The van der Waals surface area contributed by atoms with Crippen LogP contribution in [0.4, 0.5) is 5.69 Å². The standard InChI is InChI=1S/C20H20BrNO5/c1-2-26-18-6-4-3-5-16(18)22-19(24)13-27-20(25)12-11-17(23)14-7-9-15(21)10-8-14/h3-10H,2,11-13H2,1H3,(H,22,24). The Labute approximate surface area is 166 Å². The normalized spacial score (nSPS) is 10.1. The Kier molecular flexibility index (Phi) is 8.00. The summed E-state index contributed by atoms with van der Waals surface area (Å²) in [5.41, 5.74) is 1.03. The van der Waals surface area contributed by atoms with Crippen LogP contribution in [-0.2, 0) is 14.3 Å². The zero-order chi connectivity index (χ0) is 19.6. The molecule has 0 unspecified atom stereocenters. The summed E-state index contributed by atoms with van der Waals surface area (Å²) in [7, 11) is 0. The third kappa shape index (κ3) is 6.86. The molecule has 0 spiro atoms. The quantitative estimate of drug-likeness (QED) is 0.477. The fourth-order valence-corrected chi connectivity index (χ4v) is 2.52. The lowest BCUT2D eigenvalue weighted by atomic mass is 10.1. The van der Waals surface area contributed by atoms with Gasteiger partial charge in [0.2, 0.25) is 0 Å². The summed E-state index contributed by atoms with van der Waals surface area (Å²) in [6.07, 6.45) is -0.0625. The van der Waals surface area contributed by atoms with Crippen LogP contribution in [0.25, 0.3) is 0 Å². The first-order valence-electron chi connectivity index (χ1n) is 8.45. The van der Waals surface area contributed by atoms with Crippen molar-refractivity contribution in [1.29, 1.82) is 0 Å². The molecule has 0 aliphatic rings. The first-order chi connectivity index (χ1) is 13.0. The average molecular weight is 434 g/mol. The highest BCUT2D eigenvalue weighted by atomic mass is 79.9. The predicted molar refractivity (Wildman–Crippen MR) is 105 cm³/mol. The van der Waals surface area contributed by atoms with E-state index in [1.807, 2.05) is 6.92 Å². The van der Waals surface area contributed by atoms with E-state index in [4.69, 9.17) is 9.47 Å². The number of carbonyl (C=O) groups is 3. The van der Waals surface area contributed by atoms with E-state index in [9.17, 15) is 14.4 Å². The Hall–Kier alpha value is -2.67. The number of hydrogen-bond acceptors (Lipinski definition) is 5. The molecule has 1 amide bonds. The van der Waals surface area contributed by atoms with Gasteiger partial charge in [-0.05, 0) is 31.2 Å². The molecule has 0 saturated heterocycles. The first-order valence-corrected chi connectivity index (χ1v) is 9.25. The Morgan fingerprint density at radius 2 is 1.70 bits per heavy atom. The fourth-order valence-electron chi connectivity index (χ4n) is 2.25. The molecule has 0 aliphatic heterocycles. The summed E-state index contributed by atoms with van der Waals surface area (Å²) in [5.74, 6) is -0.697. The van der Waals surface area contributed by atoms with Gasteiger partial charge in [0, 0.05) is 16.5 Å². The number of carbonyl (C=O) groups excluding carboxylic acids is 3. The van der Waals surface area contributed by atoms with Crippen LogP contribution >= 0.6 is 15.9 Å². The molecular formula is C20H20BrNO5. The summed E-state index contributed by atoms with van der Waals surface area (Å²) in [6.45, 7) is 1.88. The van der Waals surface area contributed by atoms with Crippen LogP contribution < -0.4 is 10.1 Å². The van der Waals surface area contributed by atoms with Gasteiger partial charge in [-0.25, -0.2) is 0 Å². The lowest BCUT2D eigenvalue weighted by Gasteiger charge is -2.11. The van der Waals surface area contributed by atoms with Gasteiger partial charge < -0.3 is 14.8 Å². The van der Waals surface area contributed by atoms with Crippen molar-refractivity contribution in [3.63, 3.8) is 0 Å². The van der Waals surface area contributed by atoms with Crippen LogP contribution in [0.2, 0.25) is 0 Å². The van der Waals surface area contributed by atoms with Gasteiger partial charge in [-0.1, -0.05) is 40.2 Å². The lowest BCUT2D eigenvalue weighted by Crippen LogP contribution is -2.21. The van der Waals surface area contributed by atoms with Crippen LogP contribution in [0.1, 0.15) is 30.1 Å². The minimum Gasteiger partial charge on any atom is -0.492 e. The average Bonchev–Trinajstić information content (AvgIpc) is 2.67. The molecule has 142 valence electrons. The second-order valence-electron chi connectivity index (χ2n) is 5.57. The van der Waals surface area contributed by atoms with E-state index in [-0.39, 0.29) is 18.6 Å². The van der Waals surface area contributed by atoms with Crippen molar-refractivity contribution < 1.29 is 23.9 Å². The van der Waals surface area contributed by atoms with E-state index in [2.05, 4.69) is 21.2 Å². The molecule has 27 heavy (non-hydrogen) atoms.